The van der Waals surface area contributed by atoms with Gasteiger partial charge in [-0.15, -0.1) is 5.10 Å². The summed E-state index contributed by atoms with van der Waals surface area (Å²) in [6.07, 6.45) is 1.19. The summed E-state index contributed by atoms with van der Waals surface area (Å²) in [5.41, 5.74) is 1.85. The van der Waals surface area contributed by atoms with E-state index in [2.05, 4.69) is 20.6 Å². The van der Waals surface area contributed by atoms with Crippen molar-refractivity contribution in [3.8, 4) is 11.5 Å². The molecule has 1 fully saturated rings. The molecule has 2 aromatic heterocycles. The Morgan fingerprint density at radius 1 is 1.25 bits per heavy atom. The van der Waals surface area contributed by atoms with E-state index in [-0.39, 0.29) is 24.8 Å². The molecule has 1 aliphatic heterocycles. The molecule has 2 N–H and O–H groups in total. The lowest BCUT2D eigenvalue weighted by Gasteiger charge is -2.34. The van der Waals surface area contributed by atoms with Crippen LogP contribution in [0.25, 0.3) is 22.6 Å². The normalized spacial score (nSPS) is 20.0. The van der Waals surface area contributed by atoms with E-state index in [1.807, 2.05) is 56.7 Å². The maximum absolute atomic E-state index is 13.6. The zero-order chi connectivity index (χ0) is 23.2. The molecule has 3 heterocycles. The van der Waals surface area contributed by atoms with Crippen molar-refractivity contribution in [3.63, 3.8) is 0 Å². The van der Waals surface area contributed by atoms with Gasteiger partial charge in [0.15, 0.2) is 5.82 Å². The zero-order valence-electron chi connectivity index (χ0n) is 19.0. The van der Waals surface area contributed by atoms with E-state index in [9.17, 15) is 14.7 Å². The van der Waals surface area contributed by atoms with E-state index < -0.39 is 23.6 Å². The fourth-order valence-electron chi connectivity index (χ4n) is 4.39. The number of likely N-dealkylation sites (N-methyl/N-ethyl adjacent to an activating group) is 1. The Bertz CT molecular complexity index is 1160. The summed E-state index contributed by atoms with van der Waals surface area (Å²) in [6, 6.07) is 6.37. The number of aliphatic hydroxyl groups is 1. The lowest BCUT2D eigenvalue weighted by Crippen LogP contribution is -2.49. The largest absolute Gasteiger partial charge is 0.391 e. The van der Waals surface area contributed by atoms with Crippen LogP contribution in [0.2, 0.25) is 0 Å². The van der Waals surface area contributed by atoms with E-state index >= 15 is 0 Å². The van der Waals surface area contributed by atoms with E-state index in [4.69, 9.17) is 0 Å². The smallest absolute Gasteiger partial charge is 0.248 e. The van der Waals surface area contributed by atoms with Crippen LogP contribution >= 0.6 is 0 Å². The van der Waals surface area contributed by atoms with E-state index in [1.165, 1.54) is 11.9 Å². The van der Waals surface area contributed by atoms with Crippen molar-refractivity contribution in [2.45, 2.75) is 45.4 Å². The highest BCUT2D eigenvalue weighted by Crippen LogP contribution is 2.35. The summed E-state index contributed by atoms with van der Waals surface area (Å²) >= 11 is 0. The zero-order valence-corrected chi connectivity index (χ0v) is 19.0. The molecule has 32 heavy (non-hydrogen) atoms. The Balaban J connectivity index is 1.71. The van der Waals surface area contributed by atoms with Gasteiger partial charge >= 0.3 is 0 Å². The van der Waals surface area contributed by atoms with Gasteiger partial charge in [-0.05, 0) is 17.5 Å². The summed E-state index contributed by atoms with van der Waals surface area (Å²) in [5, 5.41) is 21.3. The molecule has 170 valence electrons. The van der Waals surface area contributed by atoms with Gasteiger partial charge in [0, 0.05) is 27.1 Å². The lowest BCUT2D eigenvalue weighted by molar-refractivity contribution is -0.144. The molecule has 1 aliphatic rings. The monoisotopic (exact) mass is 439 g/mol. The first-order chi connectivity index (χ1) is 15.1. The maximum atomic E-state index is 13.6. The number of hydrogen-bond acceptors (Lipinski definition) is 6. The van der Waals surface area contributed by atoms with Crippen LogP contribution in [0.3, 0.4) is 0 Å². The molecule has 4 rings (SSSR count). The summed E-state index contributed by atoms with van der Waals surface area (Å²) in [5.74, 6) is 0.0861. The van der Waals surface area contributed by atoms with E-state index in [0.717, 1.165) is 11.0 Å². The molecule has 3 atom stereocenters. The number of hydrogen-bond donors (Lipinski definition) is 2. The Hall–Kier alpha value is -3.27. The molecule has 10 heteroatoms. The summed E-state index contributed by atoms with van der Waals surface area (Å²) in [6.45, 7) is 5.92. The van der Waals surface area contributed by atoms with E-state index in [1.54, 1.807) is 10.9 Å². The minimum Gasteiger partial charge on any atom is -0.391 e. The fourth-order valence-corrected chi connectivity index (χ4v) is 4.39. The Morgan fingerprint density at radius 3 is 2.62 bits per heavy atom. The number of benzene rings is 1. The predicted octanol–water partition coefficient (Wildman–Crippen LogP) is 1.13. The number of nitrogens with one attached hydrogen (secondary N) is 1. The van der Waals surface area contributed by atoms with Crippen molar-refractivity contribution in [2.75, 3.05) is 13.6 Å². The van der Waals surface area contributed by atoms with Crippen LogP contribution in [-0.4, -0.2) is 72.1 Å². The van der Waals surface area contributed by atoms with Gasteiger partial charge in [0.05, 0.1) is 23.3 Å². The number of amides is 2. The van der Waals surface area contributed by atoms with Crippen molar-refractivity contribution in [1.29, 1.82) is 0 Å². The molecule has 0 bridgehead atoms. The van der Waals surface area contributed by atoms with Crippen molar-refractivity contribution in [3.05, 3.63) is 30.5 Å². The van der Waals surface area contributed by atoms with Crippen LogP contribution in [0.15, 0.2) is 30.5 Å². The first-order valence-corrected chi connectivity index (χ1v) is 10.7. The summed E-state index contributed by atoms with van der Waals surface area (Å²) in [4.78, 5) is 32.1. The standard InChI is InChI=1S/C22H29N7O3/c1-22(2,3)18(21(32)28-11-13(30)10-17(28)20(31)23-4)29-12-15(25-26-29)19-24-14-8-6-7-9-16(14)27(19)5/h6-9,12-13,17-18,30H,10-11H2,1-5H3,(H,23,31)/t13?,17-,18?/m1/s1. The van der Waals surface area contributed by atoms with Crippen molar-refractivity contribution >= 4 is 22.8 Å². The molecular formula is C22H29N7O3. The second kappa shape index (κ2) is 8.01. The minimum atomic E-state index is -0.742. The van der Waals surface area contributed by atoms with Crippen molar-refractivity contribution < 1.29 is 14.7 Å². The summed E-state index contributed by atoms with van der Waals surface area (Å²) in [7, 11) is 3.44. The van der Waals surface area contributed by atoms with Crippen molar-refractivity contribution in [2.24, 2.45) is 12.5 Å². The molecule has 3 aromatic rings. The van der Waals surface area contributed by atoms with Crippen LogP contribution in [0, 0.1) is 5.41 Å². The first-order valence-electron chi connectivity index (χ1n) is 10.7. The molecule has 1 saturated heterocycles. The first kappa shape index (κ1) is 21.9. The molecular weight excluding hydrogens is 410 g/mol. The maximum Gasteiger partial charge on any atom is 0.248 e. The Kier molecular flexibility index (Phi) is 5.49. The molecule has 2 unspecified atom stereocenters. The van der Waals surface area contributed by atoms with Crippen LogP contribution in [0.5, 0.6) is 0 Å². The number of β-amino-alcohol motifs (C(OH)–C–C–N with tert-alkyl or cyclic N) is 1. The number of nitrogens with zero attached hydrogens (tertiary/aromatic N) is 6. The van der Waals surface area contributed by atoms with Crippen molar-refractivity contribution in [1.82, 2.24) is 34.8 Å². The number of imidazole rings is 1. The van der Waals surface area contributed by atoms with Crippen LogP contribution in [-0.2, 0) is 16.6 Å². The highest BCUT2D eigenvalue weighted by atomic mass is 16.3. The molecule has 10 nitrogen and oxygen atoms in total. The lowest BCUT2D eigenvalue weighted by atomic mass is 9.85. The third kappa shape index (κ3) is 3.75. The molecule has 0 spiro atoms. The third-order valence-corrected chi connectivity index (χ3v) is 5.96. The van der Waals surface area contributed by atoms with Gasteiger partial charge in [-0.1, -0.05) is 38.1 Å². The van der Waals surface area contributed by atoms with Crippen LogP contribution in [0.1, 0.15) is 33.2 Å². The number of para-hydroxylation sites is 2. The molecule has 0 radical (unpaired) electrons. The number of aliphatic hydroxyl groups excluding tert-OH is 1. The molecule has 0 aliphatic carbocycles. The van der Waals surface area contributed by atoms with Crippen LogP contribution in [0.4, 0.5) is 0 Å². The topological polar surface area (TPSA) is 118 Å². The Labute approximate surface area is 186 Å². The van der Waals surface area contributed by atoms with Gasteiger partial charge < -0.3 is 19.9 Å². The number of aryl methyl sites for hydroxylation is 1. The van der Waals surface area contributed by atoms with Gasteiger partial charge in [-0.25, -0.2) is 9.67 Å². The van der Waals surface area contributed by atoms with Crippen LogP contribution < -0.4 is 5.32 Å². The fraction of sp³-hybridized carbons (Fsp3) is 0.500. The minimum absolute atomic E-state index is 0.107. The highest BCUT2D eigenvalue weighted by Gasteiger charge is 2.45. The average molecular weight is 440 g/mol. The molecule has 2 amide bonds. The number of rotatable bonds is 4. The van der Waals surface area contributed by atoms with E-state index in [0.29, 0.717) is 11.5 Å². The van der Waals surface area contributed by atoms with Gasteiger partial charge in [0.1, 0.15) is 17.8 Å². The van der Waals surface area contributed by atoms with Gasteiger partial charge in [0.25, 0.3) is 0 Å². The number of carbonyl (C=O) groups excluding carboxylic acids is 2. The molecule has 0 saturated carbocycles. The Morgan fingerprint density at radius 2 is 1.97 bits per heavy atom. The number of fused-ring (bicyclic) bond motifs is 1. The molecule has 1 aromatic carbocycles. The number of likely N-dealkylation sites (tertiary alicyclic amines) is 1. The highest BCUT2D eigenvalue weighted by molar-refractivity contribution is 5.90. The second-order valence-electron chi connectivity index (χ2n) is 9.35. The average Bonchev–Trinajstić information content (AvgIpc) is 3.44. The summed E-state index contributed by atoms with van der Waals surface area (Å²) < 4.78 is 3.48. The SMILES string of the molecule is CNC(=O)[C@H]1CC(O)CN1C(=O)C(n1cc(-c2nc3ccccc3n2C)nn1)C(C)(C)C. The van der Waals surface area contributed by atoms with Gasteiger partial charge in [-0.3, -0.25) is 9.59 Å². The second-order valence-corrected chi connectivity index (χ2v) is 9.35. The number of carbonyl (C=O) groups is 2. The van der Waals surface area contributed by atoms with Gasteiger partial charge in [-0.2, -0.15) is 0 Å². The predicted molar refractivity (Wildman–Crippen MR) is 118 cm³/mol. The number of aromatic nitrogens is 5. The van der Waals surface area contributed by atoms with Gasteiger partial charge in [0.2, 0.25) is 11.8 Å². The quantitative estimate of drug-likeness (QED) is 0.629. The third-order valence-electron chi connectivity index (χ3n) is 5.96.